The van der Waals surface area contributed by atoms with Gasteiger partial charge in [-0.15, -0.1) is 11.8 Å². The SMILES string of the molecule is CSC1OC(C(NC(=O)C2CC(CCCc3ccc(F)cc3)CN2)C(C)C)C(O)C(O)C1O. The molecule has 0 aliphatic carbocycles. The maximum absolute atomic E-state index is 13.0. The first-order chi connectivity index (χ1) is 15.7. The van der Waals surface area contributed by atoms with Gasteiger partial charge in [-0.2, -0.15) is 0 Å². The number of nitrogens with one attached hydrogen (secondary N) is 2. The van der Waals surface area contributed by atoms with Crippen LogP contribution in [-0.2, 0) is 16.0 Å². The van der Waals surface area contributed by atoms with Crippen LogP contribution in [-0.4, -0.2) is 76.0 Å². The van der Waals surface area contributed by atoms with Crippen molar-refractivity contribution >= 4 is 17.7 Å². The van der Waals surface area contributed by atoms with E-state index in [1.807, 2.05) is 26.0 Å². The number of hydrogen-bond donors (Lipinski definition) is 5. The van der Waals surface area contributed by atoms with Crippen molar-refractivity contribution in [1.82, 2.24) is 10.6 Å². The van der Waals surface area contributed by atoms with Crippen LogP contribution in [0.1, 0.15) is 38.7 Å². The van der Waals surface area contributed by atoms with Gasteiger partial charge in [0.25, 0.3) is 0 Å². The van der Waals surface area contributed by atoms with E-state index in [-0.39, 0.29) is 23.7 Å². The zero-order chi connectivity index (χ0) is 24.1. The lowest BCUT2D eigenvalue weighted by atomic mass is 9.88. The summed E-state index contributed by atoms with van der Waals surface area (Å²) in [5, 5.41) is 37.2. The first-order valence-corrected chi connectivity index (χ1v) is 13.0. The van der Waals surface area contributed by atoms with Crippen molar-refractivity contribution in [2.45, 2.75) is 81.5 Å². The smallest absolute Gasteiger partial charge is 0.237 e. The minimum Gasteiger partial charge on any atom is -0.388 e. The number of aryl methyl sites for hydroxylation is 1. The highest BCUT2D eigenvalue weighted by atomic mass is 32.2. The fourth-order valence-corrected chi connectivity index (χ4v) is 5.41. The number of aliphatic hydroxyl groups excluding tert-OH is 3. The molecule has 1 aromatic carbocycles. The third-order valence-electron chi connectivity index (χ3n) is 6.75. The van der Waals surface area contributed by atoms with E-state index in [2.05, 4.69) is 10.6 Å². The first kappa shape index (κ1) is 26.4. The van der Waals surface area contributed by atoms with Crippen LogP contribution in [0.5, 0.6) is 0 Å². The fourth-order valence-electron chi connectivity index (χ4n) is 4.73. The second-order valence-corrected chi connectivity index (χ2v) is 10.5. The number of carbonyl (C=O) groups excluding carboxylic acids is 1. The third-order valence-corrected chi connectivity index (χ3v) is 7.60. The number of halogens is 1. The van der Waals surface area contributed by atoms with Crippen molar-refractivity contribution in [1.29, 1.82) is 0 Å². The van der Waals surface area contributed by atoms with E-state index >= 15 is 0 Å². The monoisotopic (exact) mass is 484 g/mol. The van der Waals surface area contributed by atoms with E-state index in [1.54, 1.807) is 6.26 Å². The molecule has 2 aliphatic heterocycles. The van der Waals surface area contributed by atoms with Crippen LogP contribution in [0, 0.1) is 17.7 Å². The summed E-state index contributed by atoms with van der Waals surface area (Å²) in [6.45, 7) is 4.61. The predicted molar refractivity (Wildman–Crippen MR) is 126 cm³/mol. The summed E-state index contributed by atoms with van der Waals surface area (Å²) < 4.78 is 18.9. The molecule has 2 heterocycles. The Morgan fingerprint density at radius 2 is 1.91 bits per heavy atom. The van der Waals surface area contributed by atoms with E-state index in [0.717, 1.165) is 37.8 Å². The molecular weight excluding hydrogens is 447 g/mol. The molecule has 8 unspecified atom stereocenters. The average Bonchev–Trinajstić information content (AvgIpc) is 3.27. The van der Waals surface area contributed by atoms with Crippen LogP contribution in [0.25, 0.3) is 0 Å². The number of ether oxygens (including phenoxy) is 1. The second kappa shape index (κ2) is 12.0. The zero-order valence-corrected chi connectivity index (χ0v) is 20.3. The van der Waals surface area contributed by atoms with E-state index < -0.39 is 35.9 Å². The predicted octanol–water partition coefficient (Wildman–Crippen LogP) is 1.44. The summed E-state index contributed by atoms with van der Waals surface area (Å²) in [5.74, 6) is -0.0422. The lowest BCUT2D eigenvalue weighted by Crippen LogP contribution is -2.64. The number of carbonyl (C=O) groups is 1. The molecule has 5 N–H and O–H groups in total. The molecule has 0 bridgehead atoms. The van der Waals surface area contributed by atoms with E-state index in [0.29, 0.717) is 5.92 Å². The van der Waals surface area contributed by atoms with Crippen LogP contribution in [0.3, 0.4) is 0 Å². The molecule has 186 valence electrons. The first-order valence-electron chi connectivity index (χ1n) is 11.7. The van der Waals surface area contributed by atoms with Gasteiger partial charge < -0.3 is 30.7 Å². The van der Waals surface area contributed by atoms with Gasteiger partial charge in [0.1, 0.15) is 35.7 Å². The standard InChI is InChI=1S/C24H37FN2O5S/c1-13(2)18(22-20(29)19(28)21(30)24(32-22)33-3)27-23(31)17-11-15(12-26-17)6-4-5-14-7-9-16(25)10-8-14/h7-10,13,15,17-22,24,26,28-30H,4-6,11-12H2,1-3H3,(H,27,31). The topological polar surface area (TPSA) is 111 Å². The Kier molecular flexibility index (Phi) is 9.55. The lowest BCUT2D eigenvalue weighted by molar-refractivity contribution is -0.208. The molecule has 9 heteroatoms. The van der Waals surface area contributed by atoms with Crippen LogP contribution in [0.4, 0.5) is 4.39 Å². The highest BCUT2D eigenvalue weighted by molar-refractivity contribution is 7.99. The minimum absolute atomic E-state index is 0.0496. The molecule has 33 heavy (non-hydrogen) atoms. The van der Waals surface area contributed by atoms with E-state index in [1.165, 1.54) is 23.9 Å². The van der Waals surface area contributed by atoms with E-state index in [9.17, 15) is 24.5 Å². The maximum Gasteiger partial charge on any atom is 0.237 e. The molecule has 2 fully saturated rings. The van der Waals surface area contributed by atoms with Crippen molar-refractivity contribution in [3.05, 3.63) is 35.6 Å². The largest absolute Gasteiger partial charge is 0.388 e. The van der Waals surface area contributed by atoms with Gasteiger partial charge in [0, 0.05) is 0 Å². The average molecular weight is 485 g/mol. The molecule has 8 atom stereocenters. The Bertz CT molecular complexity index is 766. The second-order valence-electron chi connectivity index (χ2n) is 9.54. The molecule has 1 aromatic rings. The number of thioether (sulfide) groups is 1. The summed E-state index contributed by atoms with van der Waals surface area (Å²) in [6.07, 6.45) is 0.663. The number of rotatable bonds is 9. The van der Waals surface area contributed by atoms with Gasteiger partial charge in [-0.1, -0.05) is 26.0 Å². The van der Waals surface area contributed by atoms with Gasteiger partial charge in [-0.05, 0) is 68.0 Å². The van der Waals surface area contributed by atoms with Crippen molar-refractivity contribution in [3.8, 4) is 0 Å². The Hall–Kier alpha value is -1.23. The van der Waals surface area contributed by atoms with Crippen LogP contribution >= 0.6 is 11.8 Å². The number of aliphatic hydroxyl groups is 3. The summed E-state index contributed by atoms with van der Waals surface area (Å²) in [5.41, 5.74) is 0.431. The highest BCUT2D eigenvalue weighted by Gasteiger charge is 2.47. The molecule has 2 aliphatic rings. The summed E-state index contributed by atoms with van der Waals surface area (Å²) in [4.78, 5) is 13.0. The molecular formula is C24H37FN2O5S. The normalized spacial score (nSPS) is 33.3. The van der Waals surface area contributed by atoms with Crippen LogP contribution in [0.15, 0.2) is 24.3 Å². The Labute approximate surface area is 199 Å². The molecule has 1 amide bonds. The number of amides is 1. The van der Waals surface area contributed by atoms with Gasteiger partial charge in [0.15, 0.2) is 0 Å². The fraction of sp³-hybridized carbons (Fsp3) is 0.708. The summed E-state index contributed by atoms with van der Waals surface area (Å²) in [7, 11) is 0. The molecule has 0 saturated carbocycles. The lowest BCUT2D eigenvalue weighted by Gasteiger charge is -2.44. The third kappa shape index (κ3) is 6.68. The van der Waals surface area contributed by atoms with Crippen molar-refractivity contribution < 1.29 is 29.2 Å². The van der Waals surface area contributed by atoms with Gasteiger partial charge >= 0.3 is 0 Å². The van der Waals surface area contributed by atoms with Gasteiger partial charge in [-0.25, -0.2) is 4.39 Å². The maximum atomic E-state index is 13.0. The molecule has 0 aromatic heterocycles. The van der Waals surface area contributed by atoms with Gasteiger partial charge in [0.05, 0.1) is 12.1 Å². The van der Waals surface area contributed by atoms with E-state index in [4.69, 9.17) is 4.74 Å². The minimum atomic E-state index is -1.34. The molecule has 3 rings (SSSR count). The Balaban J connectivity index is 1.51. The van der Waals surface area contributed by atoms with Crippen molar-refractivity contribution in [2.75, 3.05) is 12.8 Å². The van der Waals surface area contributed by atoms with Crippen LogP contribution < -0.4 is 10.6 Å². The Morgan fingerprint density at radius 1 is 1.21 bits per heavy atom. The number of benzene rings is 1. The highest BCUT2D eigenvalue weighted by Crippen LogP contribution is 2.30. The van der Waals surface area contributed by atoms with Gasteiger partial charge in [0.2, 0.25) is 5.91 Å². The molecule has 0 spiro atoms. The molecule has 2 saturated heterocycles. The summed E-state index contributed by atoms with van der Waals surface area (Å²) in [6, 6.07) is 5.74. The van der Waals surface area contributed by atoms with Crippen LogP contribution in [0.2, 0.25) is 0 Å². The molecule has 0 radical (unpaired) electrons. The van der Waals surface area contributed by atoms with Gasteiger partial charge in [-0.3, -0.25) is 4.79 Å². The zero-order valence-electron chi connectivity index (χ0n) is 19.5. The van der Waals surface area contributed by atoms with Crippen molar-refractivity contribution in [3.63, 3.8) is 0 Å². The summed E-state index contributed by atoms with van der Waals surface area (Å²) >= 11 is 1.26. The number of hydrogen-bond acceptors (Lipinski definition) is 7. The Morgan fingerprint density at radius 3 is 2.55 bits per heavy atom. The molecule has 7 nitrogen and oxygen atoms in total. The van der Waals surface area contributed by atoms with Crippen molar-refractivity contribution in [2.24, 2.45) is 11.8 Å². The quantitative estimate of drug-likeness (QED) is 0.361.